The van der Waals surface area contributed by atoms with Gasteiger partial charge in [-0.15, -0.1) is 65.4 Å². The molecule has 0 saturated heterocycles. The fourth-order valence-corrected chi connectivity index (χ4v) is 4.94. The first-order chi connectivity index (χ1) is 18.9. The van der Waals surface area contributed by atoms with E-state index in [2.05, 4.69) is 41.2 Å². The van der Waals surface area contributed by atoms with Gasteiger partial charge in [-0.2, -0.15) is 0 Å². The minimum Gasteiger partial charge on any atom is -0.486 e. The Kier molecular flexibility index (Phi) is 6.20. The molecular weight excluding hydrogens is 655 g/mol. The van der Waals surface area contributed by atoms with Crippen molar-refractivity contribution in [2.75, 3.05) is 0 Å². The molecule has 0 amide bonds. The monoisotopic (exact) mass is 679 g/mol. The van der Waals surface area contributed by atoms with Crippen molar-refractivity contribution >= 4 is 43.6 Å². The number of hydrogen-bond donors (Lipinski definition) is 0. The van der Waals surface area contributed by atoms with Crippen molar-refractivity contribution in [3.05, 3.63) is 114 Å². The van der Waals surface area contributed by atoms with Crippen LogP contribution in [0.5, 0.6) is 0 Å². The summed E-state index contributed by atoms with van der Waals surface area (Å²) in [6.45, 7) is -0.210. The number of rotatable bonds is 2. The maximum absolute atomic E-state index is 7.55. The van der Waals surface area contributed by atoms with E-state index in [0.717, 1.165) is 43.5 Å². The Bertz CT molecular complexity index is 1880. The summed E-state index contributed by atoms with van der Waals surface area (Å²) in [5, 5.41) is 1.65. The van der Waals surface area contributed by atoms with Crippen LogP contribution in [0.1, 0.15) is 14.7 Å². The van der Waals surface area contributed by atoms with Crippen molar-refractivity contribution in [1.29, 1.82) is 0 Å². The Hall–Kier alpha value is -3.70. The van der Waals surface area contributed by atoms with Gasteiger partial charge < -0.3 is 9.40 Å². The van der Waals surface area contributed by atoms with Crippen LogP contribution in [0.2, 0.25) is 0 Å². The number of aromatic nitrogens is 3. The zero-order chi connectivity index (χ0) is 27.0. The molecule has 2 aromatic carbocycles. The van der Waals surface area contributed by atoms with Crippen molar-refractivity contribution in [3.8, 4) is 22.5 Å². The van der Waals surface area contributed by atoms with Crippen LogP contribution in [0.3, 0.4) is 0 Å². The van der Waals surface area contributed by atoms with E-state index in [4.69, 9.17) is 13.5 Å². The number of furan rings is 1. The molecule has 0 aliphatic rings. The van der Waals surface area contributed by atoms with E-state index in [-0.39, 0.29) is 25.8 Å². The van der Waals surface area contributed by atoms with Gasteiger partial charge in [-0.3, -0.25) is 4.98 Å². The third-order valence-corrected chi connectivity index (χ3v) is 6.71. The summed E-state index contributed by atoms with van der Waals surface area (Å²) in [6, 6.07) is 33.1. The molecule has 0 atom stereocenters. The number of hydrogen-bond acceptors (Lipinski definition) is 5. The van der Waals surface area contributed by atoms with Crippen LogP contribution in [-0.4, -0.2) is 15.0 Å². The average molecular weight is 679 g/mol. The zero-order valence-corrected chi connectivity index (χ0v) is 22.9. The van der Waals surface area contributed by atoms with E-state index >= 15 is 0 Å². The largest absolute Gasteiger partial charge is 0.486 e. The second kappa shape index (κ2) is 10.7. The first-order valence-electron chi connectivity index (χ1n) is 12.9. The second-order valence-electron chi connectivity index (χ2n) is 8.17. The third kappa shape index (κ3) is 5.09. The Morgan fingerprint density at radius 2 is 1.78 bits per heavy atom. The van der Waals surface area contributed by atoms with Crippen molar-refractivity contribution in [1.82, 2.24) is 15.0 Å². The molecule has 0 spiro atoms. The molecular formula is C31H21IrN3OS-2. The van der Waals surface area contributed by atoms with Crippen LogP contribution in [0, 0.1) is 25.9 Å². The van der Waals surface area contributed by atoms with Crippen LogP contribution in [-0.2, 0) is 20.1 Å². The Morgan fingerprint density at radius 3 is 2.59 bits per heavy atom. The van der Waals surface area contributed by atoms with Crippen LogP contribution < -0.4 is 0 Å². The molecule has 1 radical (unpaired) electrons. The molecule has 5 heterocycles. The number of aryl methyl sites for hydroxylation is 2. The van der Waals surface area contributed by atoms with Gasteiger partial charge in [-0.1, -0.05) is 29.1 Å². The maximum Gasteiger partial charge on any atom is 0.216 e. The summed E-state index contributed by atoms with van der Waals surface area (Å²) >= 11 is 1.71. The van der Waals surface area contributed by atoms with Gasteiger partial charge in [-0.05, 0) is 55.5 Å². The van der Waals surface area contributed by atoms with Gasteiger partial charge in [0.15, 0.2) is 0 Å². The number of nitrogens with zero attached hydrogens (tertiary/aromatic N) is 3. The standard InChI is InChI=1S/C20H13N2OS.C11H8N.Ir/c1-11-6-7-14-13-4-3-5-15(19(13)23-20(14)21-11)16-8-9-18-17(22-16)10-12(2)24-18;1-2-6-10(7-3-1)11-8-4-5-9-12-11;/h3-4,6-10H,1-2H3;1-6,8-9H;/q2*-1;/i1D3;;. The van der Waals surface area contributed by atoms with Crippen LogP contribution >= 0.6 is 11.3 Å². The van der Waals surface area contributed by atoms with Gasteiger partial charge in [0, 0.05) is 46.4 Å². The quantitative estimate of drug-likeness (QED) is 0.173. The first kappa shape index (κ1) is 21.4. The van der Waals surface area contributed by atoms with Gasteiger partial charge in [-0.25, -0.2) is 4.98 Å². The summed E-state index contributed by atoms with van der Waals surface area (Å²) in [7, 11) is 0. The van der Waals surface area contributed by atoms with Crippen molar-refractivity contribution in [3.63, 3.8) is 0 Å². The molecule has 4 nitrogen and oxygen atoms in total. The smallest absolute Gasteiger partial charge is 0.216 e. The third-order valence-electron chi connectivity index (χ3n) is 5.70. The summed E-state index contributed by atoms with van der Waals surface area (Å²) in [5.74, 6) is 0. The van der Waals surface area contributed by atoms with Gasteiger partial charge in [0.2, 0.25) is 5.71 Å². The number of thiophene rings is 1. The molecule has 7 rings (SSSR count). The maximum atomic E-state index is 7.55. The molecule has 7 aromatic rings. The minimum absolute atomic E-state index is 0. The minimum atomic E-state index is -2.27. The van der Waals surface area contributed by atoms with E-state index in [1.165, 1.54) is 10.9 Å². The van der Waals surface area contributed by atoms with E-state index in [1.54, 1.807) is 23.6 Å². The molecule has 0 aliphatic heterocycles. The van der Waals surface area contributed by atoms with Crippen LogP contribution in [0.4, 0.5) is 0 Å². The zero-order valence-electron chi connectivity index (χ0n) is 22.7. The first-order valence-corrected chi connectivity index (χ1v) is 12.2. The Balaban J connectivity index is 0.000000209. The summed E-state index contributed by atoms with van der Waals surface area (Å²) < 4.78 is 29.8. The molecule has 37 heavy (non-hydrogen) atoms. The summed E-state index contributed by atoms with van der Waals surface area (Å²) in [4.78, 5) is 14.4. The van der Waals surface area contributed by atoms with Gasteiger partial charge in [0.05, 0.1) is 15.8 Å². The molecule has 183 valence electrons. The predicted octanol–water partition coefficient (Wildman–Crippen LogP) is 8.22. The number of pyridine rings is 3. The molecule has 6 heteroatoms. The van der Waals surface area contributed by atoms with E-state index in [1.807, 2.05) is 60.7 Å². The molecule has 0 fully saturated rings. The van der Waals surface area contributed by atoms with Crippen molar-refractivity contribution < 1.29 is 28.6 Å². The second-order valence-corrected chi connectivity index (χ2v) is 9.46. The summed E-state index contributed by atoms with van der Waals surface area (Å²) in [5.41, 5.74) is 5.41. The molecule has 0 unspecified atom stereocenters. The summed E-state index contributed by atoms with van der Waals surface area (Å²) in [6.07, 6.45) is 1.79. The van der Waals surface area contributed by atoms with E-state index < -0.39 is 6.85 Å². The molecule has 0 aliphatic carbocycles. The topological polar surface area (TPSA) is 51.8 Å². The molecule has 0 bridgehead atoms. The Morgan fingerprint density at radius 1 is 0.865 bits per heavy atom. The van der Waals surface area contributed by atoms with Crippen LogP contribution in [0.15, 0.2) is 95.5 Å². The fraction of sp³-hybridized carbons (Fsp3) is 0.0645. The fourth-order valence-electron chi connectivity index (χ4n) is 4.07. The molecule has 5 aromatic heterocycles. The van der Waals surface area contributed by atoms with E-state index in [0.29, 0.717) is 11.3 Å². The van der Waals surface area contributed by atoms with E-state index in [9.17, 15) is 0 Å². The van der Waals surface area contributed by atoms with Gasteiger partial charge in [0.25, 0.3) is 0 Å². The number of benzene rings is 2. The predicted molar refractivity (Wildman–Crippen MR) is 147 cm³/mol. The van der Waals surface area contributed by atoms with Gasteiger partial charge in [0.1, 0.15) is 0 Å². The Labute approximate surface area is 236 Å². The van der Waals surface area contributed by atoms with Gasteiger partial charge >= 0.3 is 0 Å². The van der Waals surface area contributed by atoms with Crippen molar-refractivity contribution in [2.45, 2.75) is 13.8 Å². The SMILES string of the molecule is [2H]C([2H])([2H])c1ccc2c(n1)oc1c(-c3ccc4sc(C)cc4n3)[c-]ccc12.[Ir].[c-]1ccccc1-c1ccccn1. The molecule has 0 N–H and O–H groups in total. The normalized spacial score (nSPS) is 12.3. The molecule has 0 saturated carbocycles. The number of fused-ring (bicyclic) bond motifs is 4. The van der Waals surface area contributed by atoms with Crippen LogP contribution in [0.25, 0.3) is 54.8 Å². The average Bonchev–Trinajstić information content (AvgIpc) is 3.52. The van der Waals surface area contributed by atoms with Crippen molar-refractivity contribution in [2.24, 2.45) is 0 Å².